The van der Waals surface area contributed by atoms with Gasteiger partial charge in [0.05, 0.1) is 6.54 Å². The number of aliphatic carboxylic acids is 1. The predicted octanol–water partition coefficient (Wildman–Crippen LogP) is -2.24. The minimum Gasteiger partial charge on any atom is -0.480 e. The first kappa shape index (κ1) is 23.4. The molecule has 0 bridgehead atoms. The van der Waals surface area contributed by atoms with Crippen molar-refractivity contribution >= 4 is 29.7 Å². The van der Waals surface area contributed by atoms with Crippen LogP contribution in [-0.2, 0) is 19.2 Å². The molecular weight excluding hydrogens is 394 g/mol. The Kier molecular flexibility index (Phi) is 8.39. The van der Waals surface area contributed by atoms with Crippen molar-refractivity contribution < 1.29 is 24.3 Å². The van der Waals surface area contributed by atoms with Gasteiger partial charge in [-0.05, 0) is 38.5 Å². The van der Waals surface area contributed by atoms with Crippen LogP contribution in [0.3, 0.4) is 0 Å². The van der Waals surface area contributed by atoms with Crippen LogP contribution in [0.15, 0.2) is 0 Å². The Morgan fingerprint density at radius 2 is 1.73 bits per heavy atom. The molecule has 2 aliphatic rings. The van der Waals surface area contributed by atoms with Crippen molar-refractivity contribution in [3.63, 3.8) is 0 Å². The highest BCUT2D eigenvalue weighted by Gasteiger charge is 2.39. The number of nitrogens with one attached hydrogen (secondary N) is 3. The maximum Gasteiger partial charge on any atom is 0.326 e. The quantitative estimate of drug-likeness (QED) is 0.135. The number of amides is 3. The van der Waals surface area contributed by atoms with Crippen molar-refractivity contribution in [1.82, 2.24) is 20.4 Å². The van der Waals surface area contributed by atoms with Gasteiger partial charge in [-0.3, -0.25) is 19.8 Å². The molecule has 168 valence electrons. The Bertz CT molecular complexity index is 686. The Balaban J connectivity index is 2.09. The summed E-state index contributed by atoms with van der Waals surface area (Å²) < 4.78 is 0. The second-order valence-corrected chi connectivity index (χ2v) is 7.52. The van der Waals surface area contributed by atoms with Crippen LogP contribution in [0.25, 0.3) is 0 Å². The van der Waals surface area contributed by atoms with Gasteiger partial charge in [0, 0.05) is 19.6 Å². The van der Waals surface area contributed by atoms with Crippen molar-refractivity contribution in [3.05, 3.63) is 0 Å². The van der Waals surface area contributed by atoms with Gasteiger partial charge in [0.1, 0.15) is 18.1 Å². The van der Waals surface area contributed by atoms with E-state index in [-0.39, 0.29) is 24.8 Å². The van der Waals surface area contributed by atoms with E-state index in [2.05, 4.69) is 10.6 Å². The molecule has 3 atom stereocenters. The molecule has 3 amide bonds. The molecule has 2 heterocycles. The first-order valence-electron chi connectivity index (χ1n) is 10.2. The van der Waals surface area contributed by atoms with Crippen LogP contribution in [0, 0.1) is 5.41 Å². The Morgan fingerprint density at radius 1 is 1.10 bits per heavy atom. The lowest BCUT2D eigenvalue weighted by Crippen LogP contribution is -2.55. The first-order valence-corrected chi connectivity index (χ1v) is 10.2. The van der Waals surface area contributed by atoms with Gasteiger partial charge in [-0.2, -0.15) is 0 Å². The highest BCUT2D eigenvalue weighted by molar-refractivity contribution is 5.94. The predicted molar refractivity (Wildman–Crippen MR) is 107 cm³/mol. The summed E-state index contributed by atoms with van der Waals surface area (Å²) in [5, 5.41) is 21.9. The summed E-state index contributed by atoms with van der Waals surface area (Å²) in [5.41, 5.74) is 10.7. The summed E-state index contributed by atoms with van der Waals surface area (Å²) >= 11 is 0. The van der Waals surface area contributed by atoms with Crippen LogP contribution in [0.4, 0.5) is 0 Å². The van der Waals surface area contributed by atoms with Crippen molar-refractivity contribution in [2.75, 3.05) is 26.2 Å². The molecule has 2 fully saturated rings. The van der Waals surface area contributed by atoms with Crippen LogP contribution in [0.1, 0.15) is 38.5 Å². The van der Waals surface area contributed by atoms with Gasteiger partial charge < -0.3 is 37.0 Å². The molecule has 0 aromatic heterocycles. The lowest BCUT2D eigenvalue weighted by molar-refractivity contribution is -0.149. The molecule has 0 spiro atoms. The molecule has 1 unspecified atom stereocenters. The molecule has 12 heteroatoms. The monoisotopic (exact) mass is 425 g/mol. The van der Waals surface area contributed by atoms with Crippen LogP contribution >= 0.6 is 0 Å². The van der Waals surface area contributed by atoms with Crippen LogP contribution < -0.4 is 22.1 Å². The number of guanidine groups is 1. The molecular formula is C18H31N7O5. The third kappa shape index (κ3) is 5.81. The zero-order valence-electron chi connectivity index (χ0n) is 16.9. The van der Waals surface area contributed by atoms with Gasteiger partial charge >= 0.3 is 5.97 Å². The van der Waals surface area contributed by atoms with E-state index in [1.54, 1.807) is 0 Å². The van der Waals surface area contributed by atoms with Gasteiger partial charge in [-0.1, -0.05) is 0 Å². The van der Waals surface area contributed by atoms with E-state index >= 15 is 0 Å². The zero-order valence-corrected chi connectivity index (χ0v) is 16.9. The van der Waals surface area contributed by atoms with E-state index in [1.807, 2.05) is 0 Å². The van der Waals surface area contributed by atoms with Gasteiger partial charge in [0.25, 0.3) is 0 Å². The summed E-state index contributed by atoms with van der Waals surface area (Å²) in [4.78, 5) is 52.1. The van der Waals surface area contributed by atoms with Crippen molar-refractivity contribution in [2.24, 2.45) is 11.5 Å². The summed E-state index contributed by atoms with van der Waals surface area (Å²) in [6.45, 7) is 0.882. The summed E-state index contributed by atoms with van der Waals surface area (Å²) in [6.07, 6.45) is 2.76. The number of carboxylic acid groups (broad SMARTS) is 1. The molecule has 8 N–H and O–H groups in total. The molecule has 0 radical (unpaired) electrons. The fourth-order valence-electron chi connectivity index (χ4n) is 4.00. The lowest BCUT2D eigenvalue weighted by Gasteiger charge is -2.29. The van der Waals surface area contributed by atoms with Gasteiger partial charge in [-0.25, -0.2) is 4.79 Å². The van der Waals surface area contributed by atoms with Crippen molar-refractivity contribution in [1.29, 1.82) is 5.41 Å². The van der Waals surface area contributed by atoms with E-state index in [4.69, 9.17) is 16.9 Å². The third-order valence-electron chi connectivity index (χ3n) is 5.47. The first-order chi connectivity index (χ1) is 14.3. The second kappa shape index (κ2) is 10.8. The number of hydrogen-bond donors (Lipinski definition) is 6. The normalized spacial score (nSPS) is 21.9. The molecule has 2 saturated heterocycles. The average Bonchev–Trinajstić information content (AvgIpc) is 3.38. The van der Waals surface area contributed by atoms with Gasteiger partial charge in [0.2, 0.25) is 17.7 Å². The lowest BCUT2D eigenvalue weighted by atomic mass is 10.1. The Labute approximate surface area is 174 Å². The molecule has 30 heavy (non-hydrogen) atoms. The summed E-state index contributed by atoms with van der Waals surface area (Å²) in [7, 11) is 0. The van der Waals surface area contributed by atoms with Crippen LogP contribution in [-0.4, -0.2) is 88.9 Å². The number of nitrogens with two attached hydrogens (primary N) is 2. The van der Waals surface area contributed by atoms with E-state index < -0.39 is 35.9 Å². The largest absolute Gasteiger partial charge is 0.480 e. The summed E-state index contributed by atoms with van der Waals surface area (Å²) in [5.74, 6) is -2.50. The number of carbonyl (C=O) groups excluding carboxylic acids is 3. The molecule has 0 aliphatic carbocycles. The Hall–Kier alpha value is -2.89. The number of carbonyl (C=O) groups is 4. The fourth-order valence-corrected chi connectivity index (χ4v) is 4.00. The highest BCUT2D eigenvalue weighted by atomic mass is 16.4. The minimum absolute atomic E-state index is 0.197. The topological polar surface area (TPSA) is 195 Å². The Morgan fingerprint density at radius 3 is 2.33 bits per heavy atom. The SMILES string of the molecule is N=C(N)NCCC[C@H](NC(=O)C1CCCN1C(=O)CN)C(=O)N1CCC[C@H]1C(=O)O. The van der Waals surface area contributed by atoms with Crippen LogP contribution in [0.2, 0.25) is 0 Å². The van der Waals surface area contributed by atoms with E-state index in [0.29, 0.717) is 51.7 Å². The van der Waals surface area contributed by atoms with E-state index in [9.17, 15) is 24.3 Å². The van der Waals surface area contributed by atoms with Crippen LogP contribution in [0.5, 0.6) is 0 Å². The second-order valence-electron chi connectivity index (χ2n) is 7.52. The van der Waals surface area contributed by atoms with Gasteiger partial charge in [0.15, 0.2) is 5.96 Å². The molecule has 0 aromatic rings. The third-order valence-corrected chi connectivity index (χ3v) is 5.47. The number of carboxylic acids is 1. The molecule has 12 nitrogen and oxygen atoms in total. The number of nitrogens with zero attached hydrogens (tertiary/aromatic N) is 2. The number of likely N-dealkylation sites (tertiary alicyclic amines) is 2. The molecule has 2 aliphatic heterocycles. The average molecular weight is 425 g/mol. The number of rotatable bonds is 9. The van der Waals surface area contributed by atoms with Crippen molar-refractivity contribution in [3.8, 4) is 0 Å². The summed E-state index contributed by atoms with van der Waals surface area (Å²) in [6, 6.07) is -2.53. The number of hydrogen-bond acceptors (Lipinski definition) is 6. The van der Waals surface area contributed by atoms with Gasteiger partial charge in [-0.15, -0.1) is 0 Å². The van der Waals surface area contributed by atoms with E-state index in [0.717, 1.165) is 0 Å². The smallest absolute Gasteiger partial charge is 0.326 e. The zero-order chi connectivity index (χ0) is 22.3. The maximum atomic E-state index is 13.1. The van der Waals surface area contributed by atoms with E-state index in [1.165, 1.54) is 9.80 Å². The standard InChI is InChI=1S/C18H31N7O5/c19-10-14(26)24-8-2-5-12(24)15(27)23-11(4-1-7-22-18(20)21)16(28)25-9-3-6-13(25)17(29)30/h11-13H,1-10,19H2,(H,23,27)(H,29,30)(H4,20,21,22)/t11-,12?,13-/m0/s1. The maximum absolute atomic E-state index is 13.1. The molecule has 0 saturated carbocycles. The fraction of sp³-hybridized carbons (Fsp3) is 0.722. The van der Waals surface area contributed by atoms with Crippen molar-refractivity contribution in [2.45, 2.75) is 56.7 Å². The minimum atomic E-state index is -1.07. The molecule has 2 rings (SSSR count). The molecule has 0 aromatic carbocycles. The highest BCUT2D eigenvalue weighted by Crippen LogP contribution is 2.21.